The first-order valence-electron chi connectivity index (χ1n) is 5.69. The van der Waals surface area contributed by atoms with E-state index < -0.39 is 5.97 Å². The summed E-state index contributed by atoms with van der Waals surface area (Å²) < 4.78 is 0. The van der Waals surface area contributed by atoms with Crippen molar-refractivity contribution in [3.63, 3.8) is 0 Å². The summed E-state index contributed by atoms with van der Waals surface area (Å²) in [5.74, 6) is -0.972. The van der Waals surface area contributed by atoms with Crippen LogP contribution >= 0.6 is 0 Å². The number of hydrogen-bond acceptors (Lipinski definition) is 3. The Balaban J connectivity index is 2.07. The molecule has 0 fully saturated rings. The third-order valence-corrected chi connectivity index (χ3v) is 2.36. The first kappa shape index (κ1) is 12.7. The summed E-state index contributed by atoms with van der Waals surface area (Å²) in [5.41, 5.74) is 2.55. The molecule has 0 aliphatic carbocycles. The van der Waals surface area contributed by atoms with Crippen LogP contribution in [0.15, 0.2) is 48.9 Å². The summed E-state index contributed by atoms with van der Waals surface area (Å²) in [6.45, 7) is 0. The van der Waals surface area contributed by atoms with E-state index in [-0.39, 0.29) is 0 Å². The minimum absolute atomic E-state index is 0.751. The minimum Gasteiger partial charge on any atom is -0.478 e. The van der Waals surface area contributed by atoms with Crippen LogP contribution in [0, 0.1) is 0 Å². The molecule has 0 aromatic carbocycles. The van der Waals surface area contributed by atoms with Crippen LogP contribution in [0.25, 0.3) is 18.2 Å². The molecule has 0 amide bonds. The summed E-state index contributed by atoms with van der Waals surface area (Å²) in [4.78, 5) is 18.6. The topological polar surface area (TPSA) is 63.1 Å². The molecule has 4 heteroatoms. The number of carboxylic acid groups (broad SMARTS) is 1. The van der Waals surface area contributed by atoms with Gasteiger partial charge in [-0.05, 0) is 35.4 Å². The van der Waals surface area contributed by atoms with Crippen molar-refractivity contribution in [1.82, 2.24) is 9.97 Å². The maximum absolute atomic E-state index is 10.4. The monoisotopic (exact) mass is 252 g/mol. The molecule has 1 N–H and O–H groups in total. The van der Waals surface area contributed by atoms with E-state index in [0.717, 1.165) is 22.9 Å². The molecule has 0 saturated heterocycles. The van der Waals surface area contributed by atoms with Crippen LogP contribution in [0.2, 0.25) is 0 Å². The maximum Gasteiger partial charge on any atom is 0.328 e. The molecule has 2 aromatic rings. The predicted octanol–water partition coefficient (Wildman–Crippen LogP) is 2.74. The summed E-state index contributed by atoms with van der Waals surface area (Å²) >= 11 is 0. The second kappa shape index (κ2) is 6.26. The third-order valence-electron chi connectivity index (χ3n) is 2.36. The van der Waals surface area contributed by atoms with Crippen LogP contribution < -0.4 is 0 Å². The number of rotatable bonds is 4. The summed E-state index contributed by atoms with van der Waals surface area (Å²) in [6.07, 6.45) is 11.5. The van der Waals surface area contributed by atoms with E-state index in [9.17, 15) is 4.79 Å². The lowest BCUT2D eigenvalue weighted by Gasteiger charge is -1.95. The van der Waals surface area contributed by atoms with Crippen LogP contribution in [0.5, 0.6) is 0 Å². The molecule has 19 heavy (non-hydrogen) atoms. The van der Waals surface area contributed by atoms with Gasteiger partial charge in [-0.25, -0.2) is 4.79 Å². The third kappa shape index (κ3) is 4.20. The standard InChI is InChI=1S/C15H12N2O2/c18-15(19)8-5-13-4-7-14(17-11-13)6-3-12-2-1-9-16-10-12/h1-11H,(H,18,19). The summed E-state index contributed by atoms with van der Waals surface area (Å²) in [6, 6.07) is 7.46. The zero-order chi connectivity index (χ0) is 13.5. The van der Waals surface area contributed by atoms with E-state index in [2.05, 4.69) is 9.97 Å². The zero-order valence-electron chi connectivity index (χ0n) is 10.1. The van der Waals surface area contributed by atoms with Crippen molar-refractivity contribution in [3.05, 3.63) is 65.8 Å². The molecular formula is C15H12N2O2. The molecule has 2 rings (SSSR count). The SMILES string of the molecule is O=C(O)C=Cc1ccc(C=Cc2cccnc2)nc1. The van der Waals surface area contributed by atoms with Crippen molar-refractivity contribution < 1.29 is 9.90 Å². The number of hydrogen-bond donors (Lipinski definition) is 1. The van der Waals surface area contributed by atoms with Crippen molar-refractivity contribution in [3.8, 4) is 0 Å². The maximum atomic E-state index is 10.4. The molecule has 0 spiro atoms. The first-order chi connectivity index (χ1) is 9.24. The minimum atomic E-state index is -0.972. The molecule has 94 valence electrons. The quantitative estimate of drug-likeness (QED) is 0.850. The summed E-state index contributed by atoms with van der Waals surface area (Å²) in [5, 5.41) is 8.52. The number of pyridine rings is 2. The molecule has 2 heterocycles. The lowest BCUT2D eigenvalue weighted by atomic mass is 10.2. The Bertz CT molecular complexity index is 602. The van der Waals surface area contributed by atoms with Crippen molar-refractivity contribution in [1.29, 1.82) is 0 Å². The fourth-order valence-corrected chi connectivity index (χ4v) is 1.44. The molecular weight excluding hydrogens is 240 g/mol. The van der Waals surface area contributed by atoms with Crippen molar-refractivity contribution >= 4 is 24.2 Å². The van der Waals surface area contributed by atoms with Gasteiger partial charge in [0.15, 0.2) is 0 Å². The number of carboxylic acids is 1. The van der Waals surface area contributed by atoms with Crippen molar-refractivity contribution in [2.24, 2.45) is 0 Å². The van der Waals surface area contributed by atoms with Gasteiger partial charge in [-0.3, -0.25) is 9.97 Å². The summed E-state index contributed by atoms with van der Waals surface area (Å²) in [7, 11) is 0. The second-order valence-corrected chi connectivity index (χ2v) is 3.81. The van der Waals surface area contributed by atoms with E-state index in [1.54, 1.807) is 18.6 Å². The Hall–Kier alpha value is -2.75. The molecule has 0 atom stereocenters. The molecule has 0 unspecified atom stereocenters. The lowest BCUT2D eigenvalue weighted by molar-refractivity contribution is -0.131. The first-order valence-corrected chi connectivity index (χ1v) is 5.69. The molecule has 0 radical (unpaired) electrons. The molecule has 2 aromatic heterocycles. The molecule has 4 nitrogen and oxygen atoms in total. The Labute approximate surface area is 110 Å². The fourth-order valence-electron chi connectivity index (χ4n) is 1.44. The van der Waals surface area contributed by atoms with Gasteiger partial charge in [-0.15, -0.1) is 0 Å². The number of carbonyl (C=O) groups is 1. The molecule has 0 bridgehead atoms. The van der Waals surface area contributed by atoms with Gasteiger partial charge in [0.05, 0.1) is 5.69 Å². The predicted molar refractivity (Wildman–Crippen MR) is 74.1 cm³/mol. The van der Waals surface area contributed by atoms with Gasteiger partial charge in [0.1, 0.15) is 0 Å². The van der Waals surface area contributed by atoms with Crippen LogP contribution in [-0.4, -0.2) is 21.0 Å². The molecule has 0 aliphatic rings. The Kier molecular flexibility index (Phi) is 4.18. The highest BCUT2D eigenvalue weighted by Crippen LogP contribution is 2.07. The highest BCUT2D eigenvalue weighted by Gasteiger charge is 1.92. The van der Waals surface area contributed by atoms with Gasteiger partial charge in [0.2, 0.25) is 0 Å². The Morgan fingerprint density at radius 2 is 1.89 bits per heavy atom. The number of nitrogens with zero attached hydrogens (tertiary/aromatic N) is 2. The largest absolute Gasteiger partial charge is 0.478 e. The van der Waals surface area contributed by atoms with E-state index in [4.69, 9.17) is 5.11 Å². The normalized spacial score (nSPS) is 11.2. The van der Waals surface area contributed by atoms with E-state index in [1.165, 1.54) is 6.08 Å². The Morgan fingerprint density at radius 1 is 1.05 bits per heavy atom. The van der Waals surface area contributed by atoms with Gasteiger partial charge in [-0.1, -0.05) is 18.2 Å². The van der Waals surface area contributed by atoms with Gasteiger partial charge in [0.25, 0.3) is 0 Å². The van der Waals surface area contributed by atoms with E-state index in [1.807, 2.05) is 36.4 Å². The van der Waals surface area contributed by atoms with Crippen LogP contribution in [-0.2, 0) is 4.79 Å². The van der Waals surface area contributed by atoms with Crippen molar-refractivity contribution in [2.45, 2.75) is 0 Å². The van der Waals surface area contributed by atoms with Crippen LogP contribution in [0.1, 0.15) is 16.8 Å². The Morgan fingerprint density at radius 3 is 2.53 bits per heavy atom. The molecule has 0 saturated carbocycles. The van der Waals surface area contributed by atoms with Gasteiger partial charge in [-0.2, -0.15) is 0 Å². The highest BCUT2D eigenvalue weighted by molar-refractivity contribution is 5.85. The highest BCUT2D eigenvalue weighted by atomic mass is 16.4. The van der Waals surface area contributed by atoms with Crippen LogP contribution in [0.4, 0.5) is 0 Å². The van der Waals surface area contributed by atoms with Gasteiger partial charge in [0, 0.05) is 24.7 Å². The van der Waals surface area contributed by atoms with Crippen LogP contribution in [0.3, 0.4) is 0 Å². The number of aromatic nitrogens is 2. The van der Waals surface area contributed by atoms with E-state index >= 15 is 0 Å². The number of aliphatic carboxylic acids is 1. The zero-order valence-corrected chi connectivity index (χ0v) is 10.1. The average Bonchev–Trinajstić information content (AvgIpc) is 2.45. The van der Waals surface area contributed by atoms with Gasteiger partial charge < -0.3 is 5.11 Å². The average molecular weight is 252 g/mol. The lowest BCUT2D eigenvalue weighted by Crippen LogP contribution is -1.86. The second-order valence-electron chi connectivity index (χ2n) is 3.81. The smallest absolute Gasteiger partial charge is 0.328 e. The fraction of sp³-hybridized carbons (Fsp3) is 0. The molecule has 0 aliphatic heterocycles. The van der Waals surface area contributed by atoms with Crippen molar-refractivity contribution in [2.75, 3.05) is 0 Å². The van der Waals surface area contributed by atoms with Gasteiger partial charge >= 0.3 is 5.97 Å². The van der Waals surface area contributed by atoms with E-state index in [0.29, 0.717) is 0 Å².